The Balaban J connectivity index is 2.44. The molecule has 0 aliphatic heterocycles. The van der Waals surface area contributed by atoms with Gasteiger partial charge >= 0.3 is 5.97 Å². The summed E-state index contributed by atoms with van der Waals surface area (Å²) in [6.07, 6.45) is 2.43. The molecule has 24 heavy (non-hydrogen) atoms. The van der Waals surface area contributed by atoms with E-state index in [1.165, 1.54) is 6.08 Å². The van der Waals surface area contributed by atoms with Crippen molar-refractivity contribution in [3.05, 3.63) is 70.8 Å². The van der Waals surface area contributed by atoms with E-state index in [0.29, 0.717) is 18.2 Å². The highest BCUT2D eigenvalue weighted by Gasteiger charge is 2.10. The maximum atomic E-state index is 12.0. The summed E-state index contributed by atoms with van der Waals surface area (Å²) in [5.74, 6) is 0.387. The van der Waals surface area contributed by atoms with Crippen molar-refractivity contribution in [2.75, 3.05) is 13.2 Å². The van der Waals surface area contributed by atoms with Crippen LogP contribution in [0.25, 0.3) is 5.57 Å². The van der Waals surface area contributed by atoms with Gasteiger partial charge in [-0.15, -0.1) is 0 Å². The van der Waals surface area contributed by atoms with Crippen LogP contribution in [0.1, 0.15) is 31.4 Å². The first-order valence-corrected chi connectivity index (χ1v) is 8.39. The smallest absolute Gasteiger partial charge is 0.331 e. The average Bonchev–Trinajstić information content (AvgIpc) is 2.58. The molecular weight excluding hydrogens is 324 g/mol. The van der Waals surface area contributed by atoms with Gasteiger partial charge in [-0.25, -0.2) is 4.79 Å². The SMILES string of the molecule is CCCOc1cccc(/C(=C\C(=O)OCC)c2cccc(Cl)c2)c1. The Bertz CT molecular complexity index is 722. The summed E-state index contributed by atoms with van der Waals surface area (Å²) in [7, 11) is 0. The van der Waals surface area contributed by atoms with Crippen LogP contribution in [0, 0.1) is 0 Å². The third-order valence-corrected chi connectivity index (χ3v) is 3.54. The van der Waals surface area contributed by atoms with E-state index in [1.807, 2.05) is 42.5 Å². The third-order valence-electron chi connectivity index (χ3n) is 3.30. The molecule has 0 spiro atoms. The standard InChI is InChI=1S/C20H21ClO3/c1-3-11-24-18-10-6-8-16(13-18)19(14-20(22)23-4-2)15-7-5-9-17(21)12-15/h5-10,12-14H,3-4,11H2,1-2H3/b19-14-. The number of hydrogen-bond acceptors (Lipinski definition) is 3. The summed E-state index contributed by atoms with van der Waals surface area (Å²) in [5.41, 5.74) is 2.47. The van der Waals surface area contributed by atoms with E-state index in [4.69, 9.17) is 21.1 Å². The van der Waals surface area contributed by atoms with Gasteiger partial charge in [0, 0.05) is 11.1 Å². The van der Waals surface area contributed by atoms with Crippen molar-refractivity contribution in [2.24, 2.45) is 0 Å². The van der Waals surface area contributed by atoms with Gasteiger partial charge in [0.1, 0.15) is 5.75 Å². The number of ether oxygens (including phenoxy) is 2. The summed E-state index contributed by atoms with van der Waals surface area (Å²) in [6, 6.07) is 15.1. The highest BCUT2D eigenvalue weighted by atomic mass is 35.5. The molecule has 0 saturated heterocycles. The van der Waals surface area contributed by atoms with Gasteiger partial charge in [-0.05, 0) is 54.3 Å². The second kappa shape index (κ2) is 9.14. The van der Waals surface area contributed by atoms with Crippen LogP contribution in [0.3, 0.4) is 0 Å². The second-order valence-electron chi connectivity index (χ2n) is 5.20. The van der Waals surface area contributed by atoms with Crippen LogP contribution in [0.15, 0.2) is 54.6 Å². The summed E-state index contributed by atoms with van der Waals surface area (Å²) in [5, 5.41) is 0.612. The Morgan fingerprint density at radius 2 is 1.79 bits per heavy atom. The summed E-state index contributed by atoms with van der Waals surface area (Å²) >= 11 is 6.11. The van der Waals surface area contributed by atoms with Crippen LogP contribution in [0.2, 0.25) is 5.02 Å². The zero-order chi connectivity index (χ0) is 17.4. The molecule has 2 aromatic rings. The van der Waals surface area contributed by atoms with Crippen molar-refractivity contribution in [1.29, 1.82) is 0 Å². The van der Waals surface area contributed by atoms with Gasteiger partial charge in [0.25, 0.3) is 0 Å². The molecule has 0 amide bonds. The highest BCUT2D eigenvalue weighted by molar-refractivity contribution is 6.30. The van der Waals surface area contributed by atoms with E-state index in [1.54, 1.807) is 13.0 Å². The molecule has 0 unspecified atom stereocenters. The van der Waals surface area contributed by atoms with Crippen LogP contribution in [-0.2, 0) is 9.53 Å². The number of hydrogen-bond donors (Lipinski definition) is 0. The Morgan fingerprint density at radius 3 is 2.46 bits per heavy atom. The van der Waals surface area contributed by atoms with Gasteiger partial charge in [0.05, 0.1) is 13.2 Å². The lowest BCUT2D eigenvalue weighted by Gasteiger charge is -2.11. The summed E-state index contributed by atoms with van der Waals surface area (Å²) < 4.78 is 10.7. The van der Waals surface area contributed by atoms with Crippen molar-refractivity contribution in [1.82, 2.24) is 0 Å². The molecule has 0 heterocycles. The van der Waals surface area contributed by atoms with Crippen molar-refractivity contribution in [3.63, 3.8) is 0 Å². The van der Waals surface area contributed by atoms with Crippen molar-refractivity contribution >= 4 is 23.1 Å². The van der Waals surface area contributed by atoms with Crippen LogP contribution < -0.4 is 4.74 Å². The number of halogens is 1. The molecule has 0 atom stereocenters. The first-order valence-electron chi connectivity index (χ1n) is 8.01. The Hall–Kier alpha value is -2.26. The average molecular weight is 345 g/mol. The molecule has 126 valence electrons. The van der Waals surface area contributed by atoms with Gasteiger partial charge in [-0.3, -0.25) is 0 Å². The quantitative estimate of drug-likeness (QED) is 0.516. The van der Waals surface area contributed by atoms with Crippen LogP contribution in [0.4, 0.5) is 0 Å². The topological polar surface area (TPSA) is 35.5 Å². The Morgan fingerprint density at radius 1 is 1.08 bits per heavy atom. The lowest BCUT2D eigenvalue weighted by molar-refractivity contribution is -0.137. The van der Waals surface area contributed by atoms with Crippen molar-refractivity contribution in [2.45, 2.75) is 20.3 Å². The van der Waals surface area contributed by atoms with Gasteiger partial charge in [-0.2, -0.15) is 0 Å². The first-order chi connectivity index (χ1) is 11.6. The molecule has 2 rings (SSSR count). The fourth-order valence-electron chi connectivity index (χ4n) is 2.26. The number of rotatable bonds is 7. The molecule has 3 nitrogen and oxygen atoms in total. The zero-order valence-corrected chi connectivity index (χ0v) is 14.7. The molecule has 2 aromatic carbocycles. The monoisotopic (exact) mass is 344 g/mol. The van der Waals surface area contributed by atoms with E-state index in [9.17, 15) is 4.79 Å². The van der Waals surface area contributed by atoms with E-state index in [-0.39, 0.29) is 5.97 Å². The van der Waals surface area contributed by atoms with Crippen molar-refractivity contribution in [3.8, 4) is 5.75 Å². The molecule has 0 fully saturated rings. The van der Waals surface area contributed by atoms with Crippen LogP contribution in [0.5, 0.6) is 5.75 Å². The largest absolute Gasteiger partial charge is 0.494 e. The van der Waals surface area contributed by atoms with E-state index in [2.05, 4.69) is 6.92 Å². The number of carbonyl (C=O) groups is 1. The predicted molar refractivity (Wildman–Crippen MR) is 97.4 cm³/mol. The number of carbonyl (C=O) groups excluding carboxylic acids is 1. The number of benzene rings is 2. The fraction of sp³-hybridized carbons (Fsp3) is 0.250. The lowest BCUT2D eigenvalue weighted by atomic mass is 9.97. The van der Waals surface area contributed by atoms with E-state index >= 15 is 0 Å². The Kier molecular flexibility index (Phi) is 6.89. The minimum atomic E-state index is -0.382. The van der Waals surface area contributed by atoms with Crippen LogP contribution in [-0.4, -0.2) is 19.2 Å². The Labute approximate surface area is 147 Å². The third kappa shape index (κ3) is 5.14. The van der Waals surface area contributed by atoms with E-state index in [0.717, 1.165) is 28.9 Å². The van der Waals surface area contributed by atoms with Gasteiger partial charge in [-0.1, -0.05) is 42.8 Å². The summed E-state index contributed by atoms with van der Waals surface area (Å²) in [4.78, 5) is 12.0. The predicted octanol–water partition coefficient (Wildman–Crippen LogP) is 5.12. The first kappa shape index (κ1) is 18.1. The molecule has 0 saturated carbocycles. The maximum absolute atomic E-state index is 12.0. The summed E-state index contributed by atoms with van der Waals surface area (Å²) in [6.45, 7) is 4.82. The normalized spacial score (nSPS) is 11.2. The van der Waals surface area contributed by atoms with Gasteiger partial charge in [0.15, 0.2) is 0 Å². The van der Waals surface area contributed by atoms with Gasteiger partial charge in [0.2, 0.25) is 0 Å². The van der Waals surface area contributed by atoms with Crippen LogP contribution >= 0.6 is 11.6 Å². The maximum Gasteiger partial charge on any atom is 0.331 e. The van der Waals surface area contributed by atoms with E-state index < -0.39 is 0 Å². The van der Waals surface area contributed by atoms with Gasteiger partial charge < -0.3 is 9.47 Å². The highest BCUT2D eigenvalue weighted by Crippen LogP contribution is 2.28. The minimum Gasteiger partial charge on any atom is -0.494 e. The van der Waals surface area contributed by atoms with Crippen molar-refractivity contribution < 1.29 is 14.3 Å². The minimum absolute atomic E-state index is 0.331. The molecule has 0 aromatic heterocycles. The zero-order valence-electron chi connectivity index (χ0n) is 13.9. The molecular formula is C20H21ClO3. The lowest BCUT2D eigenvalue weighted by Crippen LogP contribution is -2.02. The number of esters is 1. The molecule has 0 aliphatic carbocycles. The molecule has 0 N–H and O–H groups in total. The fourth-order valence-corrected chi connectivity index (χ4v) is 2.45. The molecule has 0 aliphatic rings. The molecule has 0 radical (unpaired) electrons. The molecule has 0 bridgehead atoms. The molecule has 4 heteroatoms. The second-order valence-corrected chi connectivity index (χ2v) is 5.63.